The van der Waals surface area contributed by atoms with E-state index in [4.69, 9.17) is 20.4 Å². The second kappa shape index (κ2) is 9.08. The van der Waals surface area contributed by atoms with Crippen molar-refractivity contribution in [3.8, 4) is 0 Å². The van der Waals surface area contributed by atoms with Crippen molar-refractivity contribution in [3.63, 3.8) is 0 Å². The summed E-state index contributed by atoms with van der Waals surface area (Å²) >= 11 is 0. The smallest absolute Gasteiger partial charge is 0.271 e. The zero-order valence-electron chi connectivity index (χ0n) is 14.5. The van der Waals surface area contributed by atoms with Crippen molar-refractivity contribution in [3.05, 3.63) is 29.8 Å². The fourth-order valence-electron chi connectivity index (χ4n) is 2.46. The summed E-state index contributed by atoms with van der Waals surface area (Å²) in [7, 11) is -3.73. The highest BCUT2D eigenvalue weighted by Gasteiger charge is 2.23. The van der Waals surface area contributed by atoms with Crippen molar-refractivity contribution in [2.24, 2.45) is 10.9 Å². The maximum atomic E-state index is 12.5. The van der Waals surface area contributed by atoms with Crippen LogP contribution in [0.4, 0.5) is 0 Å². The van der Waals surface area contributed by atoms with Crippen molar-refractivity contribution in [2.45, 2.75) is 24.3 Å². The van der Waals surface area contributed by atoms with E-state index in [0.29, 0.717) is 25.2 Å². The molecule has 1 fully saturated rings. The molecule has 3 N–H and O–H groups in total. The standard InChI is InChI=1S/C16H23N3O6S/c1-2-19(8-9-20)26(22,23)14-5-3-12(4-6-14)15(16(17)21)18-25-13-7-10-24-11-13/h3-6,13,20H,2,7-11H2,1H3,(H2,17,21)/b18-15+/t13-/m1/s1. The van der Waals surface area contributed by atoms with E-state index in [1.165, 1.54) is 24.3 Å². The van der Waals surface area contributed by atoms with Gasteiger partial charge in [0, 0.05) is 25.1 Å². The first-order valence-corrected chi connectivity index (χ1v) is 9.67. The van der Waals surface area contributed by atoms with Crippen molar-refractivity contribution >= 4 is 21.6 Å². The van der Waals surface area contributed by atoms with E-state index in [-0.39, 0.29) is 36.4 Å². The number of carbonyl (C=O) groups is 1. The molecule has 2 rings (SSSR count). The number of aliphatic hydroxyl groups excluding tert-OH is 1. The van der Waals surface area contributed by atoms with Crippen LogP contribution < -0.4 is 5.73 Å². The molecule has 1 aliphatic heterocycles. The molecule has 0 radical (unpaired) electrons. The van der Waals surface area contributed by atoms with Crippen LogP contribution >= 0.6 is 0 Å². The van der Waals surface area contributed by atoms with Gasteiger partial charge in [0.2, 0.25) is 10.0 Å². The van der Waals surface area contributed by atoms with E-state index in [9.17, 15) is 13.2 Å². The van der Waals surface area contributed by atoms with Gasteiger partial charge < -0.3 is 20.4 Å². The first-order valence-electron chi connectivity index (χ1n) is 8.23. The molecule has 26 heavy (non-hydrogen) atoms. The Labute approximate surface area is 152 Å². The van der Waals surface area contributed by atoms with Crippen LogP contribution in [0.1, 0.15) is 18.9 Å². The lowest BCUT2D eigenvalue weighted by Gasteiger charge is -2.19. The van der Waals surface area contributed by atoms with Gasteiger partial charge in [0.25, 0.3) is 5.91 Å². The number of aliphatic hydroxyl groups is 1. The van der Waals surface area contributed by atoms with Crippen LogP contribution in [-0.2, 0) is 24.4 Å². The van der Waals surface area contributed by atoms with E-state index < -0.39 is 15.9 Å². The lowest BCUT2D eigenvalue weighted by Crippen LogP contribution is -2.33. The van der Waals surface area contributed by atoms with Gasteiger partial charge in [-0.3, -0.25) is 4.79 Å². The van der Waals surface area contributed by atoms with Gasteiger partial charge in [0.05, 0.1) is 24.7 Å². The topological polar surface area (TPSA) is 132 Å². The largest absolute Gasteiger partial charge is 0.395 e. The summed E-state index contributed by atoms with van der Waals surface area (Å²) in [5.74, 6) is -0.782. The molecule has 144 valence electrons. The summed E-state index contributed by atoms with van der Waals surface area (Å²) in [6.07, 6.45) is 0.436. The molecular formula is C16H23N3O6S. The molecule has 0 aliphatic carbocycles. The number of hydrogen-bond donors (Lipinski definition) is 2. The predicted octanol–water partition coefficient (Wildman–Crippen LogP) is -0.316. The Morgan fingerprint density at radius 1 is 1.42 bits per heavy atom. The van der Waals surface area contributed by atoms with E-state index in [2.05, 4.69) is 5.16 Å². The number of nitrogens with zero attached hydrogens (tertiary/aromatic N) is 2. The van der Waals surface area contributed by atoms with Gasteiger partial charge in [-0.15, -0.1) is 0 Å². The van der Waals surface area contributed by atoms with Gasteiger partial charge in [-0.05, 0) is 12.1 Å². The normalized spacial score (nSPS) is 18.3. The number of ether oxygens (including phenoxy) is 1. The Kier molecular flexibility index (Phi) is 7.09. The molecule has 1 heterocycles. The molecule has 1 amide bonds. The fourth-order valence-corrected chi connectivity index (χ4v) is 3.90. The number of benzene rings is 1. The van der Waals surface area contributed by atoms with E-state index in [1.54, 1.807) is 6.92 Å². The number of oxime groups is 1. The van der Waals surface area contributed by atoms with Crippen LogP contribution in [0.2, 0.25) is 0 Å². The highest BCUT2D eigenvalue weighted by molar-refractivity contribution is 7.89. The quantitative estimate of drug-likeness (QED) is 0.442. The second-order valence-electron chi connectivity index (χ2n) is 5.64. The Morgan fingerprint density at radius 2 is 2.12 bits per heavy atom. The van der Waals surface area contributed by atoms with Crippen molar-refractivity contribution in [1.29, 1.82) is 0 Å². The highest BCUT2D eigenvalue weighted by atomic mass is 32.2. The number of likely N-dealkylation sites (N-methyl/N-ethyl adjacent to an activating group) is 1. The van der Waals surface area contributed by atoms with Gasteiger partial charge >= 0.3 is 0 Å². The molecule has 1 atom stereocenters. The summed E-state index contributed by atoms with van der Waals surface area (Å²) in [6, 6.07) is 5.61. The molecule has 1 saturated heterocycles. The first kappa shape index (κ1) is 20.3. The molecule has 10 heteroatoms. The van der Waals surface area contributed by atoms with Gasteiger partial charge in [-0.2, -0.15) is 4.31 Å². The molecule has 0 spiro atoms. The first-order chi connectivity index (χ1) is 12.4. The van der Waals surface area contributed by atoms with Gasteiger partial charge in [0.15, 0.2) is 11.8 Å². The average molecular weight is 385 g/mol. The van der Waals surface area contributed by atoms with Crippen LogP contribution in [0.15, 0.2) is 34.3 Å². The molecular weight excluding hydrogens is 362 g/mol. The van der Waals surface area contributed by atoms with Gasteiger partial charge in [0.1, 0.15) is 0 Å². The number of sulfonamides is 1. The monoisotopic (exact) mass is 385 g/mol. The molecule has 0 aromatic heterocycles. The maximum Gasteiger partial charge on any atom is 0.271 e. The Morgan fingerprint density at radius 3 is 2.62 bits per heavy atom. The van der Waals surface area contributed by atoms with Crippen molar-refractivity contribution in [2.75, 3.05) is 32.9 Å². The third-order valence-corrected chi connectivity index (χ3v) is 5.87. The zero-order valence-corrected chi connectivity index (χ0v) is 15.3. The molecule has 0 saturated carbocycles. The van der Waals surface area contributed by atoms with E-state index in [0.717, 1.165) is 4.31 Å². The summed E-state index contributed by atoms with van der Waals surface area (Å²) < 4.78 is 31.4. The lowest BCUT2D eigenvalue weighted by molar-refractivity contribution is -0.112. The predicted molar refractivity (Wildman–Crippen MR) is 94.0 cm³/mol. The molecule has 1 aliphatic rings. The summed E-state index contributed by atoms with van der Waals surface area (Å²) in [5.41, 5.74) is 5.61. The van der Waals surface area contributed by atoms with Crippen molar-refractivity contribution in [1.82, 2.24) is 4.31 Å². The van der Waals surface area contributed by atoms with Gasteiger partial charge in [-0.1, -0.05) is 24.2 Å². The Hall–Kier alpha value is -2.01. The van der Waals surface area contributed by atoms with Gasteiger partial charge in [-0.25, -0.2) is 8.42 Å². The minimum atomic E-state index is -3.73. The SMILES string of the molecule is CCN(CCO)S(=O)(=O)c1ccc(/C(=N\O[C@@H]2CCOC2)C(N)=O)cc1. The number of nitrogens with two attached hydrogens (primary N) is 1. The van der Waals surface area contributed by atoms with E-state index in [1.807, 2.05) is 0 Å². The van der Waals surface area contributed by atoms with Crippen LogP contribution in [0.3, 0.4) is 0 Å². The molecule has 0 bridgehead atoms. The number of amides is 1. The fraction of sp³-hybridized carbons (Fsp3) is 0.500. The van der Waals surface area contributed by atoms with Crippen LogP contribution in [-0.4, -0.2) is 68.5 Å². The Bertz CT molecular complexity index is 742. The summed E-state index contributed by atoms with van der Waals surface area (Å²) in [4.78, 5) is 17.0. The molecule has 1 aromatic rings. The zero-order chi connectivity index (χ0) is 19.2. The lowest BCUT2D eigenvalue weighted by atomic mass is 10.1. The van der Waals surface area contributed by atoms with E-state index >= 15 is 0 Å². The number of rotatable bonds is 9. The third-order valence-electron chi connectivity index (χ3n) is 3.88. The van der Waals surface area contributed by atoms with Crippen LogP contribution in [0, 0.1) is 0 Å². The molecule has 9 nitrogen and oxygen atoms in total. The van der Waals surface area contributed by atoms with Crippen LogP contribution in [0.5, 0.6) is 0 Å². The minimum absolute atomic E-state index is 0.00583. The number of primary amides is 1. The minimum Gasteiger partial charge on any atom is -0.395 e. The third kappa shape index (κ3) is 4.79. The number of carbonyl (C=O) groups excluding carboxylic acids is 1. The van der Waals surface area contributed by atoms with Crippen LogP contribution in [0.25, 0.3) is 0 Å². The summed E-state index contributed by atoms with van der Waals surface area (Å²) in [5, 5.41) is 12.8. The number of hydrogen-bond acceptors (Lipinski definition) is 7. The highest BCUT2D eigenvalue weighted by Crippen LogP contribution is 2.17. The van der Waals surface area contributed by atoms with Crippen molar-refractivity contribution < 1.29 is 27.9 Å². The summed E-state index contributed by atoms with van der Waals surface area (Å²) in [6.45, 7) is 2.61. The molecule has 0 unspecified atom stereocenters. The maximum absolute atomic E-state index is 12.5. The molecule has 1 aromatic carbocycles. The Balaban J connectivity index is 2.22. The average Bonchev–Trinajstić information content (AvgIpc) is 3.13. The second-order valence-corrected chi connectivity index (χ2v) is 7.58.